The first-order chi connectivity index (χ1) is 10.2. The van der Waals surface area contributed by atoms with E-state index in [0.717, 1.165) is 23.3 Å². The first kappa shape index (κ1) is 14.1. The Morgan fingerprint density at radius 3 is 2.81 bits per heavy atom. The molecule has 1 aromatic heterocycles. The Bertz CT molecular complexity index is 644. The molecule has 2 aromatic rings. The lowest BCUT2D eigenvalue weighted by atomic mass is 10.1. The molecule has 1 fully saturated rings. The summed E-state index contributed by atoms with van der Waals surface area (Å²) < 4.78 is 5.93. The van der Waals surface area contributed by atoms with Crippen molar-refractivity contribution in [1.29, 1.82) is 0 Å². The quantitative estimate of drug-likeness (QED) is 0.864. The molecule has 110 valence electrons. The van der Waals surface area contributed by atoms with Crippen molar-refractivity contribution in [3.63, 3.8) is 0 Å². The molecule has 0 bridgehead atoms. The number of hydrogen-bond donors (Lipinski definition) is 0. The molecule has 3 rings (SSSR count). The Hall–Kier alpha value is -1.81. The number of aryl methyl sites for hydroxylation is 2. The third-order valence-electron chi connectivity index (χ3n) is 3.77. The summed E-state index contributed by atoms with van der Waals surface area (Å²) in [5, 5.41) is 1.96. The Balaban J connectivity index is 1.56. The molecule has 0 atom stereocenters. The predicted octanol–water partition coefficient (Wildman–Crippen LogP) is 3.52. The number of thiophene rings is 1. The second-order valence-electron chi connectivity index (χ2n) is 5.37. The average Bonchev–Trinajstić information content (AvgIpc) is 2.92. The second kappa shape index (κ2) is 5.90. The van der Waals surface area contributed by atoms with Crippen molar-refractivity contribution in [2.75, 3.05) is 13.1 Å². The van der Waals surface area contributed by atoms with E-state index in [4.69, 9.17) is 4.74 Å². The smallest absolute Gasteiger partial charge is 0.254 e. The Kier molecular flexibility index (Phi) is 3.97. The fraction of sp³-hybridized carbons (Fsp3) is 0.353. The molecule has 2 heterocycles. The zero-order valence-corrected chi connectivity index (χ0v) is 13.2. The number of carbonyl (C=O) groups is 1. The summed E-state index contributed by atoms with van der Waals surface area (Å²) >= 11 is 1.66. The van der Waals surface area contributed by atoms with Crippen LogP contribution < -0.4 is 4.74 Å². The van der Waals surface area contributed by atoms with Crippen molar-refractivity contribution in [3.8, 4) is 5.75 Å². The van der Waals surface area contributed by atoms with Gasteiger partial charge >= 0.3 is 0 Å². The summed E-state index contributed by atoms with van der Waals surface area (Å²) in [5.41, 5.74) is 1.94. The summed E-state index contributed by atoms with van der Waals surface area (Å²) in [6.07, 6.45) is 1.09. The van der Waals surface area contributed by atoms with Gasteiger partial charge in [-0.05, 0) is 31.0 Å². The third-order valence-corrected chi connectivity index (χ3v) is 4.85. The lowest BCUT2D eigenvalue weighted by Gasteiger charge is -2.39. The molecule has 0 aliphatic carbocycles. The zero-order valence-electron chi connectivity index (χ0n) is 12.3. The van der Waals surface area contributed by atoms with E-state index in [2.05, 4.69) is 6.92 Å². The van der Waals surface area contributed by atoms with Gasteiger partial charge in [0.1, 0.15) is 11.9 Å². The Morgan fingerprint density at radius 1 is 1.38 bits per heavy atom. The van der Waals surface area contributed by atoms with Gasteiger partial charge in [0.15, 0.2) is 0 Å². The van der Waals surface area contributed by atoms with Gasteiger partial charge in [0.05, 0.1) is 18.7 Å². The monoisotopic (exact) mass is 301 g/mol. The fourth-order valence-corrected chi connectivity index (χ4v) is 3.22. The van der Waals surface area contributed by atoms with Crippen LogP contribution in [0.3, 0.4) is 0 Å². The van der Waals surface area contributed by atoms with Crippen molar-refractivity contribution in [1.82, 2.24) is 4.90 Å². The highest BCUT2D eigenvalue weighted by atomic mass is 32.1. The third kappa shape index (κ3) is 2.95. The second-order valence-corrected chi connectivity index (χ2v) is 6.37. The van der Waals surface area contributed by atoms with Crippen molar-refractivity contribution >= 4 is 17.2 Å². The molecule has 0 spiro atoms. The molecule has 4 heteroatoms. The van der Waals surface area contributed by atoms with Crippen LogP contribution in [-0.2, 0) is 6.42 Å². The van der Waals surface area contributed by atoms with Gasteiger partial charge in [-0.2, -0.15) is 0 Å². The number of nitrogens with zero attached hydrogens (tertiary/aromatic N) is 1. The molecule has 1 saturated heterocycles. The van der Waals surface area contributed by atoms with Crippen molar-refractivity contribution in [2.24, 2.45) is 0 Å². The minimum absolute atomic E-state index is 0.110. The van der Waals surface area contributed by atoms with E-state index in [1.165, 1.54) is 4.88 Å². The topological polar surface area (TPSA) is 29.5 Å². The minimum Gasteiger partial charge on any atom is -0.486 e. The molecular formula is C17H19NO2S. The van der Waals surface area contributed by atoms with E-state index in [-0.39, 0.29) is 12.0 Å². The van der Waals surface area contributed by atoms with Crippen molar-refractivity contribution in [2.45, 2.75) is 26.4 Å². The van der Waals surface area contributed by atoms with Gasteiger partial charge in [-0.25, -0.2) is 0 Å². The van der Waals surface area contributed by atoms with Gasteiger partial charge in [-0.3, -0.25) is 4.79 Å². The highest BCUT2D eigenvalue weighted by Crippen LogP contribution is 2.24. The molecular weight excluding hydrogens is 282 g/mol. The van der Waals surface area contributed by atoms with Crippen LogP contribution >= 0.6 is 11.3 Å². The van der Waals surface area contributed by atoms with E-state index in [9.17, 15) is 4.79 Å². The lowest BCUT2D eigenvalue weighted by molar-refractivity contribution is 0.0176. The number of amides is 1. The number of benzene rings is 1. The first-order valence-electron chi connectivity index (χ1n) is 7.26. The van der Waals surface area contributed by atoms with Crippen molar-refractivity contribution in [3.05, 3.63) is 51.7 Å². The van der Waals surface area contributed by atoms with E-state index in [1.54, 1.807) is 11.3 Å². The van der Waals surface area contributed by atoms with Crippen molar-refractivity contribution < 1.29 is 9.53 Å². The predicted molar refractivity (Wildman–Crippen MR) is 85.2 cm³/mol. The Labute approximate surface area is 129 Å². The highest BCUT2D eigenvalue weighted by Gasteiger charge is 2.33. The first-order valence-corrected chi connectivity index (χ1v) is 8.14. The molecule has 1 amide bonds. The molecule has 0 unspecified atom stereocenters. The van der Waals surface area contributed by atoms with Crippen LogP contribution in [-0.4, -0.2) is 30.0 Å². The number of likely N-dealkylation sites (tertiary alicyclic amines) is 1. The average molecular weight is 301 g/mol. The molecule has 21 heavy (non-hydrogen) atoms. The SMILES string of the molecule is CCc1cc(C(=O)N2CC(Oc3ccccc3C)C2)cs1. The molecule has 0 radical (unpaired) electrons. The van der Waals surface area contributed by atoms with Crippen LogP contribution in [0.5, 0.6) is 5.75 Å². The van der Waals surface area contributed by atoms with Gasteiger partial charge in [-0.15, -0.1) is 11.3 Å². The maximum atomic E-state index is 12.3. The molecule has 0 N–H and O–H groups in total. The molecule has 3 nitrogen and oxygen atoms in total. The zero-order chi connectivity index (χ0) is 14.8. The van der Waals surface area contributed by atoms with Gasteiger partial charge < -0.3 is 9.64 Å². The lowest BCUT2D eigenvalue weighted by Crippen LogP contribution is -2.56. The highest BCUT2D eigenvalue weighted by molar-refractivity contribution is 7.10. The maximum absolute atomic E-state index is 12.3. The number of carbonyl (C=O) groups excluding carboxylic acids is 1. The van der Waals surface area contributed by atoms with Crippen LogP contribution in [0.1, 0.15) is 27.7 Å². The van der Waals surface area contributed by atoms with E-state index in [0.29, 0.717) is 13.1 Å². The summed E-state index contributed by atoms with van der Waals surface area (Å²) in [4.78, 5) is 15.4. The maximum Gasteiger partial charge on any atom is 0.254 e. The van der Waals surface area contributed by atoms with Crippen LogP contribution in [0.15, 0.2) is 35.7 Å². The molecule has 1 aromatic carbocycles. The van der Waals surface area contributed by atoms with E-state index >= 15 is 0 Å². The van der Waals surface area contributed by atoms with Crippen LogP contribution in [0.25, 0.3) is 0 Å². The number of para-hydroxylation sites is 1. The minimum atomic E-state index is 0.110. The summed E-state index contributed by atoms with van der Waals surface area (Å²) in [7, 11) is 0. The van der Waals surface area contributed by atoms with Gasteiger partial charge in [0.25, 0.3) is 5.91 Å². The van der Waals surface area contributed by atoms with Crippen LogP contribution in [0.2, 0.25) is 0 Å². The summed E-state index contributed by atoms with van der Waals surface area (Å²) in [5.74, 6) is 1.04. The van der Waals surface area contributed by atoms with E-state index in [1.807, 2.05) is 47.5 Å². The summed E-state index contributed by atoms with van der Waals surface area (Å²) in [6.45, 7) is 5.49. The van der Waals surface area contributed by atoms with Gasteiger partial charge in [-0.1, -0.05) is 25.1 Å². The normalized spacial score (nSPS) is 14.9. The van der Waals surface area contributed by atoms with E-state index < -0.39 is 0 Å². The summed E-state index contributed by atoms with van der Waals surface area (Å²) in [6, 6.07) is 9.99. The van der Waals surface area contributed by atoms with Gasteiger partial charge in [0, 0.05) is 10.3 Å². The number of ether oxygens (including phenoxy) is 1. The van der Waals surface area contributed by atoms with Crippen LogP contribution in [0.4, 0.5) is 0 Å². The fourth-order valence-electron chi connectivity index (χ4n) is 2.41. The van der Waals surface area contributed by atoms with Gasteiger partial charge in [0.2, 0.25) is 0 Å². The number of rotatable bonds is 4. The Morgan fingerprint density at radius 2 is 2.14 bits per heavy atom. The molecule has 1 aliphatic heterocycles. The van der Waals surface area contributed by atoms with Crippen LogP contribution in [0, 0.1) is 6.92 Å². The molecule has 1 aliphatic rings. The standard InChI is InChI=1S/C17H19NO2S/c1-3-15-8-13(11-21-15)17(19)18-9-14(10-18)20-16-7-5-4-6-12(16)2/h4-8,11,14H,3,9-10H2,1-2H3. The largest absolute Gasteiger partial charge is 0.486 e. The number of hydrogen-bond acceptors (Lipinski definition) is 3. The molecule has 0 saturated carbocycles.